The van der Waals surface area contributed by atoms with Crippen LogP contribution >= 0.6 is 11.6 Å². The summed E-state index contributed by atoms with van der Waals surface area (Å²) < 4.78 is 7.40. The zero-order valence-electron chi connectivity index (χ0n) is 10.7. The Labute approximate surface area is 111 Å². The minimum Gasteiger partial charge on any atom is -0.488 e. The third-order valence-corrected chi connectivity index (χ3v) is 3.31. The van der Waals surface area contributed by atoms with E-state index in [0.717, 1.165) is 28.3 Å². The number of ether oxygens (including phenoxy) is 1. The van der Waals surface area contributed by atoms with Crippen LogP contribution in [-0.4, -0.2) is 9.78 Å². The molecule has 0 aliphatic rings. The predicted octanol–water partition coefficient (Wildman–Crippen LogP) is 2.85. The van der Waals surface area contributed by atoms with E-state index >= 15 is 0 Å². The number of nitrogens with zero attached hydrogens (tertiary/aromatic N) is 2. The van der Waals surface area contributed by atoms with E-state index in [4.69, 9.17) is 22.1 Å². The molecule has 18 heavy (non-hydrogen) atoms. The first-order chi connectivity index (χ1) is 8.49. The number of hydrogen-bond donors (Lipinski definition) is 1. The van der Waals surface area contributed by atoms with Crippen LogP contribution in [0.15, 0.2) is 18.2 Å². The molecule has 0 radical (unpaired) electrons. The van der Waals surface area contributed by atoms with Gasteiger partial charge in [-0.05, 0) is 37.6 Å². The lowest BCUT2D eigenvalue weighted by molar-refractivity contribution is 0.303. The number of nitrogen functional groups attached to an aromatic ring is 1. The Balaban J connectivity index is 2.16. The molecule has 0 saturated carbocycles. The second-order valence-corrected chi connectivity index (χ2v) is 4.65. The third kappa shape index (κ3) is 2.43. The summed E-state index contributed by atoms with van der Waals surface area (Å²) in [6.45, 7) is 4.28. The Morgan fingerprint density at radius 3 is 2.67 bits per heavy atom. The average molecular weight is 266 g/mol. The van der Waals surface area contributed by atoms with Gasteiger partial charge in [0.25, 0.3) is 0 Å². The van der Waals surface area contributed by atoms with Crippen molar-refractivity contribution in [3.05, 3.63) is 40.2 Å². The Morgan fingerprint density at radius 1 is 1.39 bits per heavy atom. The molecule has 0 amide bonds. The lowest BCUT2D eigenvalue weighted by Crippen LogP contribution is -1.99. The fourth-order valence-corrected chi connectivity index (χ4v) is 2.05. The molecule has 96 valence electrons. The van der Waals surface area contributed by atoms with Gasteiger partial charge in [-0.15, -0.1) is 0 Å². The number of aryl methyl sites for hydroxylation is 3. The zero-order valence-corrected chi connectivity index (χ0v) is 11.5. The fraction of sp³-hybridized carbons (Fsp3) is 0.308. The highest BCUT2D eigenvalue weighted by molar-refractivity contribution is 6.30. The number of rotatable bonds is 3. The van der Waals surface area contributed by atoms with Gasteiger partial charge in [0.05, 0.1) is 5.69 Å². The quantitative estimate of drug-likeness (QED) is 0.869. The standard InChI is InChI=1S/C13H16ClN3O/c1-8-6-10(15)4-5-12(8)18-7-11-9(2)16-17(3)13(11)14/h4-6H,7,15H2,1-3H3. The smallest absolute Gasteiger partial charge is 0.133 e. The van der Waals surface area contributed by atoms with Crippen LogP contribution in [0.25, 0.3) is 0 Å². The molecule has 0 aliphatic heterocycles. The first kappa shape index (κ1) is 12.8. The molecule has 1 heterocycles. The van der Waals surface area contributed by atoms with Crippen molar-refractivity contribution in [1.82, 2.24) is 9.78 Å². The van der Waals surface area contributed by atoms with Crippen LogP contribution in [0.1, 0.15) is 16.8 Å². The van der Waals surface area contributed by atoms with E-state index in [0.29, 0.717) is 11.8 Å². The van der Waals surface area contributed by atoms with Crippen LogP contribution in [0.4, 0.5) is 5.69 Å². The average Bonchev–Trinajstić information content (AvgIpc) is 2.53. The topological polar surface area (TPSA) is 53.1 Å². The molecule has 2 N–H and O–H groups in total. The summed E-state index contributed by atoms with van der Waals surface area (Å²) in [5, 5.41) is 4.86. The second kappa shape index (κ2) is 4.90. The SMILES string of the molecule is Cc1cc(N)ccc1OCc1c(C)nn(C)c1Cl. The molecule has 1 aromatic heterocycles. The van der Waals surface area contributed by atoms with E-state index in [2.05, 4.69) is 5.10 Å². The first-order valence-electron chi connectivity index (χ1n) is 5.66. The van der Waals surface area contributed by atoms with Crippen molar-refractivity contribution in [2.45, 2.75) is 20.5 Å². The summed E-state index contributed by atoms with van der Waals surface area (Å²) in [5.74, 6) is 0.809. The number of aromatic nitrogens is 2. The molecule has 0 saturated heterocycles. The van der Waals surface area contributed by atoms with E-state index in [1.807, 2.05) is 39.1 Å². The molecule has 0 spiro atoms. The van der Waals surface area contributed by atoms with Gasteiger partial charge in [-0.25, -0.2) is 0 Å². The van der Waals surface area contributed by atoms with Gasteiger partial charge in [-0.2, -0.15) is 5.10 Å². The number of halogens is 1. The summed E-state index contributed by atoms with van der Waals surface area (Å²) >= 11 is 6.15. The van der Waals surface area contributed by atoms with Crippen LogP contribution < -0.4 is 10.5 Å². The Hall–Kier alpha value is -1.68. The molecule has 0 bridgehead atoms. The summed E-state index contributed by atoms with van der Waals surface area (Å²) in [7, 11) is 1.81. The predicted molar refractivity (Wildman–Crippen MR) is 72.9 cm³/mol. The van der Waals surface area contributed by atoms with Gasteiger partial charge >= 0.3 is 0 Å². The van der Waals surface area contributed by atoms with Crippen molar-refractivity contribution in [1.29, 1.82) is 0 Å². The number of hydrogen-bond acceptors (Lipinski definition) is 3. The van der Waals surface area contributed by atoms with E-state index in [1.54, 1.807) is 4.68 Å². The number of benzene rings is 1. The molecule has 0 aliphatic carbocycles. The summed E-state index contributed by atoms with van der Waals surface area (Å²) in [6, 6.07) is 5.57. The molecule has 4 nitrogen and oxygen atoms in total. The van der Waals surface area contributed by atoms with Crippen molar-refractivity contribution >= 4 is 17.3 Å². The van der Waals surface area contributed by atoms with Gasteiger partial charge in [-0.3, -0.25) is 4.68 Å². The van der Waals surface area contributed by atoms with Crippen LogP contribution in [-0.2, 0) is 13.7 Å². The Kier molecular flexibility index (Phi) is 3.48. The maximum Gasteiger partial charge on any atom is 0.133 e. The van der Waals surface area contributed by atoms with E-state index in [1.165, 1.54) is 0 Å². The number of anilines is 1. The van der Waals surface area contributed by atoms with Crippen LogP contribution in [0, 0.1) is 13.8 Å². The van der Waals surface area contributed by atoms with Gasteiger partial charge in [0.15, 0.2) is 0 Å². The highest BCUT2D eigenvalue weighted by Gasteiger charge is 2.12. The Bertz CT molecular complexity index is 578. The van der Waals surface area contributed by atoms with Gasteiger partial charge < -0.3 is 10.5 Å². The lowest BCUT2D eigenvalue weighted by atomic mass is 10.2. The van der Waals surface area contributed by atoms with Crippen LogP contribution in [0.5, 0.6) is 5.75 Å². The molecule has 0 unspecified atom stereocenters. The molecule has 0 fully saturated rings. The van der Waals surface area contributed by atoms with E-state index in [9.17, 15) is 0 Å². The zero-order chi connectivity index (χ0) is 13.3. The molecule has 5 heteroatoms. The summed E-state index contributed by atoms with van der Waals surface area (Å²) in [4.78, 5) is 0. The molecular weight excluding hydrogens is 250 g/mol. The normalized spacial score (nSPS) is 10.7. The van der Waals surface area contributed by atoms with E-state index in [-0.39, 0.29) is 0 Å². The maximum atomic E-state index is 6.15. The molecule has 0 atom stereocenters. The van der Waals surface area contributed by atoms with Gasteiger partial charge in [0, 0.05) is 18.3 Å². The van der Waals surface area contributed by atoms with E-state index < -0.39 is 0 Å². The summed E-state index contributed by atoms with van der Waals surface area (Å²) in [6.07, 6.45) is 0. The lowest BCUT2D eigenvalue weighted by Gasteiger charge is -2.09. The van der Waals surface area contributed by atoms with Crippen molar-refractivity contribution in [2.75, 3.05) is 5.73 Å². The molecular formula is C13H16ClN3O. The first-order valence-corrected chi connectivity index (χ1v) is 6.03. The largest absolute Gasteiger partial charge is 0.488 e. The highest BCUT2D eigenvalue weighted by Crippen LogP contribution is 2.24. The minimum absolute atomic E-state index is 0.406. The number of nitrogens with two attached hydrogens (primary N) is 1. The third-order valence-electron chi connectivity index (χ3n) is 2.84. The highest BCUT2D eigenvalue weighted by atomic mass is 35.5. The van der Waals surface area contributed by atoms with Crippen LogP contribution in [0.3, 0.4) is 0 Å². The van der Waals surface area contributed by atoms with Crippen molar-refractivity contribution in [2.24, 2.45) is 7.05 Å². The fourth-order valence-electron chi connectivity index (χ4n) is 1.82. The van der Waals surface area contributed by atoms with Gasteiger partial charge in [0.2, 0.25) is 0 Å². The van der Waals surface area contributed by atoms with Crippen LogP contribution in [0.2, 0.25) is 5.15 Å². The Morgan fingerprint density at radius 2 is 2.11 bits per heavy atom. The monoisotopic (exact) mass is 265 g/mol. The molecule has 2 rings (SSSR count). The molecule has 1 aromatic carbocycles. The summed E-state index contributed by atoms with van der Waals surface area (Å²) in [5.41, 5.74) is 9.23. The van der Waals surface area contributed by atoms with Crippen molar-refractivity contribution in [3.8, 4) is 5.75 Å². The van der Waals surface area contributed by atoms with Gasteiger partial charge in [0.1, 0.15) is 17.5 Å². The van der Waals surface area contributed by atoms with Crippen molar-refractivity contribution in [3.63, 3.8) is 0 Å². The minimum atomic E-state index is 0.406. The maximum absolute atomic E-state index is 6.15. The van der Waals surface area contributed by atoms with Crippen molar-refractivity contribution < 1.29 is 4.74 Å². The van der Waals surface area contributed by atoms with Gasteiger partial charge in [-0.1, -0.05) is 11.6 Å². The second-order valence-electron chi connectivity index (χ2n) is 4.29. The molecule has 2 aromatic rings.